The molecule has 0 heterocycles. The predicted octanol–water partition coefficient (Wildman–Crippen LogP) is 20.7. The standard InChI is InChI=1S/2C35H37N/c2*1-23(2)34-26(5)28(7)35(29(8)27(34)6)25(4)24(3)30-19-21-33(22-20-30)36(31-15-11-9-12-16-31)32-17-13-10-14-18-32/h2*9-22H,1H2,2-8H3/b2*25-24-. The Labute approximate surface area is 433 Å². The van der Waals surface area contributed by atoms with Crippen molar-refractivity contribution in [2.75, 3.05) is 9.80 Å². The summed E-state index contributed by atoms with van der Waals surface area (Å²) in [5, 5.41) is 0. The first-order valence-electron chi connectivity index (χ1n) is 25.3. The highest BCUT2D eigenvalue weighted by atomic mass is 15.1. The highest BCUT2D eigenvalue weighted by molar-refractivity contribution is 5.94. The number of hydrogen-bond donors (Lipinski definition) is 0. The van der Waals surface area contributed by atoms with Gasteiger partial charge in [0.15, 0.2) is 0 Å². The second kappa shape index (κ2) is 22.6. The van der Waals surface area contributed by atoms with Gasteiger partial charge in [-0.1, -0.05) is 121 Å². The SMILES string of the molecule is C=C(C)c1c(C)c(C)c(/C(C)=C(/C)c2ccc(N(c3ccccc3)c3ccccc3)cc2)c(C)c1C.C=C(C)c1c(C)c(C)c(/C(C)=C(/C)c2ccc(N(c3ccccc3)c3ccccc3)cc2)c(C)c1C. The van der Waals surface area contributed by atoms with Crippen LogP contribution in [0.2, 0.25) is 0 Å². The van der Waals surface area contributed by atoms with Gasteiger partial charge in [-0.05, 0) is 270 Å². The van der Waals surface area contributed by atoms with E-state index in [0.717, 1.165) is 45.3 Å². The average molecular weight is 943 g/mol. The normalized spacial score (nSPS) is 11.8. The van der Waals surface area contributed by atoms with Crippen LogP contribution in [0.15, 0.2) is 183 Å². The van der Waals surface area contributed by atoms with E-state index in [-0.39, 0.29) is 0 Å². The summed E-state index contributed by atoms with van der Waals surface area (Å²) in [6, 6.07) is 60.1. The molecule has 0 aliphatic carbocycles. The maximum absolute atomic E-state index is 4.24. The molecule has 0 spiro atoms. The first-order valence-corrected chi connectivity index (χ1v) is 25.3. The first kappa shape index (κ1) is 52.2. The largest absolute Gasteiger partial charge is 0.311 e. The minimum atomic E-state index is 1.14. The van der Waals surface area contributed by atoms with Gasteiger partial charge < -0.3 is 9.80 Å². The third-order valence-corrected chi connectivity index (χ3v) is 15.2. The second-order valence-corrected chi connectivity index (χ2v) is 19.7. The van der Waals surface area contributed by atoms with E-state index in [1.165, 1.54) is 100 Å². The van der Waals surface area contributed by atoms with Gasteiger partial charge in [-0.3, -0.25) is 0 Å². The number of allylic oxidation sites excluding steroid dienone is 6. The molecule has 8 aromatic rings. The Morgan fingerprint density at radius 1 is 0.250 bits per heavy atom. The lowest BCUT2D eigenvalue weighted by atomic mass is 9.82. The number of rotatable bonds is 12. The maximum Gasteiger partial charge on any atom is 0.0462 e. The summed E-state index contributed by atoms with van der Waals surface area (Å²) < 4.78 is 0. The van der Waals surface area contributed by atoms with Crippen LogP contribution in [-0.2, 0) is 0 Å². The minimum absolute atomic E-state index is 1.14. The molecule has 0 N–H and O–H groups in total. The Bertz CT molecular complexity index is 2930. The van der Waals surface area contributed by atoms with Crippen LogP contribution in [0, 0.1) is 55.4 Å². The van der Waals surface area contributed by atoms with Crippen molar-refractivity contribution in [2.24, 2.45) is 0 Å². The third-order valence-electron chi connectivity index (χ3n) is 15.2. The Morgan fingerprint density at radius 3 is 0.653 bits per heavy atom. The molecule has 0 bridgehead atoms. The molecule has 0 amide bonds. The molecule has 0 saturated heterocycles. The molecule has 0 unspecified atom stereocenters. The smallest absolute Gasteiger partial charge is 0.0462 e. The van der Waals surface area contributed by atoms with Gasteiger partial charge in [0.2, 0.25) is 0 Å². The topological polar surface area (TPSA) is 6.48 Å². The van der Waals surface area contributed by atoms with Gasteiger partial charge >= 0.3 is 0 Å². The van der Waals surface area contributed by atoms with Gasteiger partial charge in [0.25, 0.3) is 0 Å². The Kier molecular flexibility index (Phi) is 16.4. The highest BCUT2D eigenvalue weighted by Crippen LogP contribution is 2.41. The number of para-hydroxylation sites is 4. The number of hydrogen-bond acceptors (Lipinski definition) is 2. The lowest BCUT2D eigenvalue weighted by molar-refractivity contribution is 1.19. The fourth-order valence-corrected chi connectivity index (χ4v) is 10.8. The predicted molar refractivity (Wildman–Crippen MR) is 319 cm³/mol. The molecular formula is C70H74N2. The Balaban J connectivity index is 0.000000211. The molecular weight excluding hydrogens is 869 g/mol. The monoisotopic (exact) mass is 943 g/mol. The van der Waals surface area contributed by atoms with Crippen molar-refractivity contribution in [3.63, 3.8) is 0 Å². The summed E-state index contributed by atoms with van der Waals surface area (Å²) in [6.45, 7) is 39.6. The zero-order valence-electron chi connectivity index (χ0n) is 45.5. The average Bonchev–Trinajstić information content (AvgIpc) is 3.39. The number of benzene rings is 8. The summed E-state index contributed by atoms with van der Waals surface area (Å²) in [4.78, 5) is 4.60. The molecule has 8 rings (SSSR count). The van der Waals surface area contributed by atoms with Crippen molar-refractivity contribution in [1.82, 2.24) is 0 Å². The molecule has 364 valence electrons. The second-order valence-electron chi connectivity index (χ2n) is 19.7. The van der Waals surface area contributed by atoms with Gasteiger partial charge in [-0.2, -0.15) is 0 Å². The van der Waals surface area contributed by atoms with Crippen LogP contribution in [0.4, 0.5) is 34.1 Å². The number of nitrogens with zero attached hydrogens (tertiary/aromatic N) is 2. The van der Waals surface area contributed by atoms with E-state index >= 15 is 0 Å². The maximum atomic E-state index is 4.24. The summed E-state index contributed by atoms with van der Waals surface area (Å²) in [7, 11) is 0. The summed E-state index contributed by atoms with van der Waals surface area (Å²) in [6.07, 6.45) is 0. The zero-order chi connectivity index (χ0) is 52.0. The van der Waals surface area contributed by atoms with E-state index in [1.807, 2.05) is 0 Å². The lowest BCUT2D eigenvalue weighted by Gasteiger charge is -2.26. The van der Waals surface area contributed by atoms with Crippen LogP contribution in [0.1, 0.15) is 119 Å². The third kappa shape index (κ3) is 10.7. The van der Waals surface area contributed by atoms with E-state index in [1.54, 1.807) is 0 Å². The Hall–Kier alpha value is -7.68. The molecule has 8 aromatic carbocycles. The molecule has 0 aliphatic heterocycles. The highest BCUT2D eigenvalue weighted by Gasteiger charge is 2.21. The van der Waals surface area contributed by atoms with Crippen molar-refractivity contribution in [1.29, 1.82) is 0 Å². The summed E-state index contributed by atoms with van der Waals surface area (Å²) >= 11 is 0. The van der Waals surface area contributed by atoms with E-state index in [0.29, 0.717) is 0 Å². The molecule has 0 radical (unpaired) electrons. The fourth-order valence-electron chi connectivity index (χ4n) is 10.8. The van der Waals surface area contributed by atoms with Gasteiger partial charge in [0.05, 0.1) is 0 Å². The molecule has 0 atom stereocenters. The van der Waals surface area contributed by atoms with Gasteiger partial charge in [-0.15, -0.1) is 0 Å². The van der Waals surface area contributed by atoms with Crippen LogP contribution in [0.25, 0.3) is 33.4 Å². The fraction of sp³-hybridized carbons (Fsp3) is 0.200. The van der Waals surface area contributed by atoms with Crippen LogP contribution in [-0.4, -0.2) is 0 Å². The quantitative estimate of drug-likeness (QED) is 0.113. The van der Waals surface area contributed by atoms with Crippen LogP contribution in [0.3, 0.4) is 0 Å². The summed E-state index contributed by atoms with van der Waals surface area (Å²) in [5.74, 6) is 0. The molecule has 72 heavy (non-hydrogen) atoms. The molecule has 0 fully saturated rings. The summed E-state index contributed by atoms with van der Waals surface area (Å²) in [5.41, 5.74) is 33.0. The van der Waals surface area contributed by atoms with Gasteiger partial charge in [0.1, 0.15) is 0 Å². The van der Waals surface area contributed by atoms with Crippen molar-refractivity contribution >= 4 is 67.6 Å². The van der Waals surface area contributed by atoms with E-state index in [2.05, 4.69) is 290 Å². The molecule has 2 nitrogen and oxygen atoms in total. The van der Waals surface area contributed by atoms with Crippen LogP contribution < -0.4 is 9.80 Å². The number of anilines is 6. The minimum Gasteiger partial charge on any atom is -0.311 e. The van der Waals surface area contributed by atoms with Crippen molar-refractivity contribution in [3.8, 4) is 0 Å². The molecule has 2 heteroatoms. The van der Waals surface area contributed by atoms with Crippen molar-refractivity contribution in [3.05, 3.63) is 261 Å². The van der Waals surface area contributed by atoms with E-state index in [9.17, 15) is 0 Å². The van der Waals surface area contributed by atoms with Crippen LogP contribution in [0.5, 0.6) is 0 Å². The van der Waals surface area contributed by atoms with Gasteiger partial charge in [-0.25, -0.2) is 0 Å². The molecule has 0 aromatic heterocycles. The van der Waals surface area contributed by atoms with Crippen molar-refractivity contribution < 1.29 is 0 Å². The molecule has 0 aliphatic rings. The zero-order valence-corrected chi connectivity index (χ0v) is 45.5. The van der Waals surface area contributed by atoms with E-state index in [4.69, 9.17) is 0 Å². The Morgan fingerprint density at radius 2 is 0.444 bits per heavy atom. The van der Waals surface area contributed by atoms with Gasteiger partial charge in [0, 0.05) is 34.1 Å². The lowest BCUT2D eigenvalue weighted by Crippen LogP contribution is -2.09. The van der Waals surface area contributed by atoms with Crippen LogP contribution >= 0.6 is 0 Å². The first-order chi connectivity index (χ1) is 34.4. The van der Waals surface area contributed by atoms with E-state index < -0.39 is 0 Å². The van der Waals surface area contributed by atoms with Crippen molar-refractivity contribution in [2.45, 2.75) is 96.9 Å². The molecule has 0 saturated carbocycles.